The van der Waals surface area contributed by atoms with Crippen molar-refractivity contribution in [3.8, 4) is 0 Å². The molecule has 2 aromatic carbocycles. The van der Waals surface area contributed by atoms with Gasteiger partial charge in [-0.25, -0.2) is 18.2 Å². The fourth-order valence-electron chi connectivity index (χ4n) is 4.22. The maximum absolute atomic E-state index is 14.7. The zero-order valence-electron chi connectivity index (χ0n) is 19.4. The molecule has 3 aromatic rings. The zero-order chi connectivity index (χ0) is 24.8. The summed E-state index contributed by atoms with van der Waals surface area (Å²) in [6.45, 7) is 6.68. The normalized spacial score (nSPS) is 14.0. The number of benzene rings is 2. The molecule has 0 spiro atoms. The van der Waals surface area contributed by atoms with Crippen molar-refractivity contribution >= 4 is 23.2 Å². The molecular weight excluding hydrogens is 453 g/mol. The third kappa shape index (κ3) is 6.10. The van der Waals surface area contributed by atoms with Gasteiger partial charge < -0.3 is 21.3 Å². The van der Waals surface area contributed by atoms with E-state index in [0.717, 1.165) is 38.4 Å². The summed E-state index contributed by atoms with van der Waals surface area (Å²) in [6, 6.07) is 9.81. The van der Waals surface area contributed by atoms with Gasteiger partial charge in [0.1, 0.15) is 17.5 Å². The first-order chi connectivity index (χ1) is 16.9. The molecule has 35 heavy (non-hydrogen) atoms. The van der Waals surface area contributed by atoms with Gasteiger partial charge in [-0.3, -0.25) is 0 Å². The van der Waals surface area contributed by atoms with Crippen LogP contribution in [0.1, 0.15) is 30.4 Å². The average Bonchev–Trinajstić information content (AvgIpc) is 2.85. The van der Waals surface area contributed by atoms with E-state index in [4.69, 9.17) is 5.73 Å². The number of aromatic nitrogens is 2. The molecule has 0 aliphatic carbocycles. The van der Waals surface area contributed by atoms with Crippen molar-refractivity contribution < 1.29 is 13.2 Å². The Morgan fingerprint density at radius 3 is 2.63 bits per heavy atom. The van der Waals surface area contributed by atoms with Crippen LogP contribution in [0.5, 0.6) is 0 Å². The van der Waals surface area contributed by atoms with Gasteiger partial charge in [-0.15, -0.1) is 0 Å². The van der Waals surface area contributed by atoms with Gasteiger partial charge in [0.15, 0.2) is 5.82 Å². The molecule has 0 amide bonds. The SMILES string of the molecule is C=C(c1ccc(F)cc1F)N(CCC1CCNCC1)c1nc(NCc2ccccc2F)ncc1N. The molecule has 9 heteroatoms. The molecule has 4 rings (SSSR count). The summed E-state index contributed by atoms with van der Waals surface area (Å²) < 4.78 is 42.2. The van der Waals surface area contributed by atoms with E-state index in [9.17, 15) is 13.2 Å². The Morgan fingerprint density at radius 1 is 1.11 bits per heavy atom. The summed E-state index contributed by atoms with van der Waals surface area (Å²) in [6.07, 6.45) is 4.36. The van der Waals surface area contributed by atoms with E-state index in [0.29, 0.717) is 29.5 Å². The maximum Gasteiger partial charge on any atom is 0.225 e. The lowest BCUT2D eigenvalue weighted by molar-refractivity contribution is 0.357. The van der Waals surface area contributed by atoms with Crippen LogP contribution in [0, 0.1) is 23.4 Å². The highest BCUT2D eigenvalue weighted by Crippen LogP contribution is 2.31. The number of hydrogen-bond acceptors (Lipinski definition) is 6. The number of nitrogens with one attached hydrogen (secondary N) is 2. The van der Waals surface area contributed by atoms with Crippen molar-refractivity contribution in [1.82, 2.24) is 15.3 Å². The number of piperidine rings is 1. The van der Waals surface area contributed by atoms with Crippen molar-refractivity contribution in [3.05, 3.63) is 83.8 Å². The van der Waals surface area contributed by atoms with Gasteiger partial charge in [0.25, 0.3) is 0 Å². The number of nitrogen functional groups attached to an aromatic ring is 1. The second kappa shape index (κ2) is 11.2. The summed E-state index contributed by atoms with van der Waals surface area (Å²) in [5, 5.41) is 6.37. The molecule has 184 valence electrons. The van der Waals surface area contributed by atoms with Crippen LogP contribution in [0.25, 0.3) is 5.70 Å². The molecule has 1 aliphatic rings. The van der Waals surface area contributed by atoms with Gasteiger partial charge in [0.2, 0.25) is 5.95 Å². The van der Waals surface area contributed by atoms with Crippen LogP contribution in [-0.2, 0) is 6.54 Å². The zero-order valence-corrected chi connectivity index (χ0v) is 19.4. The smallest absolute Gasteiger partial charge is 0.225 e. The largest absolute Gasteiger partial charge is 0.394 e. The highest BCUT2D eigenvalue weighted by atomic mass is 19.1. The molecule has 0 unspecified atom stereocenters. The Balaban J connectivity index is 1.61. The van der Waals surface area contributed by atoms with Crippen molar-refractivity contribution in [1.29, 1.82) is 0 Å². The first-order valence-electron chi connectivity index (χ1n) is 11.6. The van der Waals surface area contributed by atoms with E-state index in [1.165, 1.54) is 24.4 Å². The van der Waals surface area contributed by atoms with Crippen LogP contribution in [0.4, 0.5) is 30.6 Å². The highest BCUT2D eigenvalue weighted by Gasteiger charge is 2.22. The highest BCUT2D eigenvalue weighted by molar-refractivity contribution is 5.81. The first kappa shape index (κ1) is 24.5. The predicted octanol–water partition coefficient (Wildman–Crippen LogP) is 4.96. The Bertz CT molecular complexity index is 1180. The van der Waals surface area contributed by atoms with Crippen LogP contribution >= 0.6 is 0 Å². The molecule has 1 saturated heterocycles. The monoisotopic (exact) mass is 482 g/mol. The standard InChI is InChI=1S/C26H29F3N6/c1-17(21-7-6-20(27)14-23(21)29)35(13-10-18-8-11-31-12-9-18)25-24(30)16-33-26(34-25)32-15-19-4-2-3-5-22(19)28/h2-7,14,16,18,31H,1,8-13,15,30H2,(H,32,33,34). The lowest BCUT2D eigenvalue weighted by Gasteiger charge is -2.30. The molecule has 2 heterocycles. The van der Waals surface area contributed by atoms with E-state index in [1.54, 1.807) is 23.1 Å². The van der Waals surface area contributed by atoms with Crippen LogP contribution in [-0.4, -0.2) is 29.6 Å². The quantitative estimate of drug-likeness (QED) is 0.400. The van der Waals surface area contributed by atoms with E-state index in [-0.39, 0.29) is 29.6 Å². The van der Waals surface area contributed by atoms with Crippen molar-refractivity contribution in [3.63, 3.8) is 0 Å². The Morgan fingerprint density at radius 2 is 1.89 bits per heavy atom. The fourth-order valence-corrected chi connectivity index (χ4v) is 4.22. The van der Waals surface area contributed by atoms with Crippen LogP contribution in [0.3, 0.4) is 0 Å². The summed E-state index contributed by atoms with van der Waals surface area (Å²) in [4.78, 5) is 10.5. The number of rotatable bonds is 9. The minimum atomic E-state index is -0.715. The van der Waals surface area contributed by atoms with Gasteiger partial charge in [-0.1, -0.05) is 24.8 Å². The molecule has 1 fully saturated rings. The third-order valence-corrected chi connectivity index (χ3v) is 6.23. The molecule has 4 N–H and O–H groups in total. The van der Waals surface area contributed by atoms with Crippen LogP contribution in [0.2, 0.25) is 0 Å². The van der Waals surface area contributed by atoms with Crippen molar-refractivity contribution in [2.24, 2.45) is 5.92 Å². The second-order valence-electron chi connectivity index (χ2n) is 8.62. The fraction of sp³-hybridized carbons (Fsp3) is 0.308. The number of nitrogens with two attached hydrogens (primary N) is 1. The molecule has 0 bridgehead atoms. The minimum Gasteiger partial charge on any atom is -0.394 e. The van der Waals surface area contributed by atoms with E-state index < -0.39 is 11.6 Å². The van der Waals surface area contributed by atoms with Crippen LogP contribution < -0.4 is 21.3 Å². The Labute approximate surface area is 203 Å². The van der Waals surface area contributed by atoms with Crippen molar-refractivity contribution in [2.75, 3.05) is 35.6 Å². The lowest BCUT2D eigenvalue weighted by Crippen LogP contribution is -2.31. The maximum atomic E-state index is 14.7. The molecular formula is C26H29F3N6. The van der Waals surface area contributed by atoms with Gasteiger partial charge in [-0.05, 0) is 56.5 Å². The second-order valence-corrected chi connectivity index (χ2v) is 8.62. The summed E-state index contributed by atoms with van der Waals surface area (Å²) >= 11 is 0. The third-order valence-electron chi connectivity index (χ3n) is 6.23. The summed E-state index contributed by atoms with van der Waals surface area (Å²) in [5.74, 6) is -0.616. The predicted molar refractivity (Wildman–Crippen MR) is 133 cm³/mol. The lowest BCUT2D eigenvalue weighted by atomic mass is 9.94. The van der Waals surface area contributed by atoms with Crippen molar-refractivity contribution in [2.45, 2.75) is 25.8 Å². The molecule has 0 radical (unpaired) electrons. The summed E-state index contributed by atoms with van der Waals surface area (Å²) in [7, 11) is 0. The van der Waals surface area contributed by atoms with E-state index >= 15 is 0 Å². The first-order valence-corrected chi connectivity index (χ1v) is 11.6. The van der Waals surface area contributed by atoms with Gasteiger partial charge >= 0.3 is 0 Å². The molecule has 0 atom stereocenters. The number of halogens is 3. The van der Waals surface area contributed by atoms with Crippen LogP contribution in [0.15, 0.2) is 55.2 Å². The number of nitrogens with zero attached hydrogens (tertiary/aromatic N) is 3. The molecule has 0 saturated carbocycles. The average molecular weight is 483 g/mol. The number of anilines is 3. The topological polar surface area (TPSA) is 79.1 Å². The number of hydrogen-bond donors (Lipinski definition) is 3. The van der Waals surface area contributed by atoms with E-state index in [2.05, 4.69) is 27.2 Å². The Kier molecular flexibility index (Phi) is 7.87. The molecule has 1 aliphatic heterocycles. The van der Waals surface area contributed by atoms with Gasteiger partial charge in [0.05, 0.1) is 11.9 Å². The van der Waals surface area contributed by atoms with E-state index in [1.807, 2.05) is 0 Å². The minimum absolute atomic E-state index is 0.163. The molecule has 1 aromatic heterocycles. The summed E-state index contributed by atoms with van der Waals surface area (Å²) in [5.41, 5.74) is 7.49. The Hall–Kier alpha value is -3.59. The van der Waals surface area contributed by atoms with Gasteiger partial charge in [-0.2, -0.15) is 4.98 Å². The molecule has 6 nitrogen and oxygen atoms in total. The van der Waals surface area contributed by atoms with Gasteiger partial charge in [0, 0.05) is 36.0 Å².